The van der Waals surface area contributed by atoms with Crippen molar-refractivity contribution in [3.63, 3.8) is 0 Å². The summed E-state index contributed by atoms with van der Waals surface area (Å²) in [5, 5.41) is 0. The molecule has 0 saturated carbocycles. The Morgan fingerprint density at radius 1 is 1.10 bits per heavy atom. The Hall–Kier alpha value is -0.930. The average molecular weight is 300 g/mol. The molecule has 0 amide bonds. The molecule has 1 aromatic carbocycles. The Kier molecular flexibility index (Phi) is 7.78. The number of hydrogen-bond donors (Lipinski definition) is 0. The summed E-state index contributed by atoms with van der Waals surface area (Å²) in [6.07, 6.45) is 2.28. The molecule has 1 aromatic rings. The van der Waals surface area contributed by atoms with Gasteiger partial charge in [0.1, 0.15) is 0 Å². The van der Waals surface area contributed by atoms with Crippen molar-refractivity contribution < 1.29 is 9.47 Å². The molecule has 20 heavy (non-hydrogen) atoms. The van der Waals surface area contributed by atoms with Crippen LogP contribution in [0.15, 0.2) is 18.2 Å². The van der Waals surface area contributed by atoms with Gasteiger partial charge in [0.2, 0.25) is 0 Å². The first-order chi connectivity index (χ1) is 9.69. The Morgan fingerprint density at radius 3 is 2.25 bits per heavy atom. The predicted octanol–water partition coefficient (Wildman–Crippen LogP) is 3.93. The Morgan fingerprint density at radius 2 is 1.75 bits per heavy atom. The van der Waals surface area contributed by atoms with E-state index >= 15 is 0 Å². The fourth-order valence-corrected chi connectivity index (χ4v) is 2.73. The van der Waals surface area contributed by atoms with E-state index in [9.17, 15) is 0 Å². The molecular weight excluding hydrogens is 274 g/mol. The highest BCUT2D eigenvalue weighted by atomic mass is 35.5. The molecule has 0 aromatic heterocycles. The molecule has 0 spiro atoms. The summed E-state index contributed by atoms with van der Waals surface area (Å²) in [6, 6.07) is 6.66. The first-order valence-corrected chi connectivity index (χ1v) is 7.74. The number of methoxy groups -OCH3 is 2. The van der Waals surface area contributed by atoms with Crippen molar-refractivity contribution in [3.8, 4) is 11.5 Å². The van der Waals surface area contributed by atoms with Crippen LogP contribution >= 0.6 is 11.6 Å². The van der Waals surface area contributed by atoms with Gasteiger partial charge in [0.15, 0.2) is 11.5 Å². The Labute approximate surface area is 127 Å². The van der Waals surface area contributed by atoms with Gasteiger partial charge in [0.05, 0.1) is 14.2 Å². The fourth-order valence-electron chi connectivity index (χ4n) is 2.52. The van der Waals surface area contributed by atoms with Gasteiger partial charge in [-0.3, -0.25) is 4.90 Å². The molecule has 0 unspecified atom stereocenters. The van der Waals surface area contributed by atoms with Gasteiger partial charge >= 0.3 is 0 Å². The van der Waals surface area contributed by atoms with Crippen LogP contribution in [0.2, 0.25) is 0 Å². The topological polar surface area (TPSA) is 21.7 Å². The van der Waals surface area contributed by atoms with Gasteiger partial charge in [-0.1, -0.05) is 19.9 Å². The third kappa shape index (κ3) is 4.57. The van der Waals surface area contributed by atoms with E-state index in [4.69, 9.17) is 21.1 Å². The summed E-state index contributed by atoms with van der Waals surface area (Å²) in [5.41, 5.74) is 1.22. The van der Waals surface area contributed by atoms with Crippen molar-refractivity contribution in [3.05, 3.63) is 23.8 Å². The monoisotopic (exact) mass is 299 g/mol. The second-order valence-corrected chi connectivity index (χ2v) is 5.20. The van der Waals surface area contributed by atoms with Crippen LogP contribution in [0.3, 0.4) is 0 Å². The maximum absolute atomic E-state index is 5.94. The van der Waals surface area contributed by atoms with Gasteiger partial charge in [-0.25, -0.2) is 0 Å². The van der Waals surface area contributed by atoms with Crippen molar-refractivity contribution in [2.75, 3.05) is 26.6 Å². The molecular formula is C16H26ClNO2. The maximum atomic E-state index is 5.94. The lowest BCUT2D eigenvalue weighted by atomic mass is 10.1. The molecule has 0 aliphatic rings. The molecule has 0 radical (unpaired) electrons. The summed E-state index contributed by atoms with van der Waals surface area (Å²) in [7, 11) is 3.32. The molecule has 0 aliphatic heterocycles. The van der Waals surface area contributed by atoms with Crippen LogP contribution < -0.4 is 9.47 Å². The lowest BCUT2D eigenvalue weighted by Crippen LogP contribution is -2.35. The van der Waals surface area contributed by atoms with Gasteiger partial charge in [0, 0.05) is 25.0 Å². The summed E-state index contributed by atoms with van der Waals surface area (Å²) in [6.45, 7) is 6.25. The molecule has 0 aliphatic carbocycles. The van der Waals surface area contributed by atoms with Gasteiger partial charge in [0.25, 0.3) is 0 Å². The largest absolute Gasteiger partial charge is 0.493 e. The first-order valence-electron chi connectivity index (χ1n) is 7.20. The summed E-state index contributed by atoms with van der Waals surface area (Å²) < 4.78 is 10.6. The van der Waals surface area contributed by atoms with E-state index in [0.717, 1.165) is 37.4 Å². The normalized spacial score (nSPS) is 11.2. The van der Waals surface area contributed by atoms with Crippen LogP contribution in [-0.2, 0) is 6.54 Å². The molecule has 0 fully saturated rings. The van der Waals surface area contributed by atoms with E-state index in [2.05, 4.69) is 24.8 Å². The maximum Gasteiger partial charge on any atom is 0.161 e. The van der Waals surface area contributed by atoms with E-state index in [1.54, 1.807) is 14.2 Å². The van der Waals surface area contributed by atoms with Gasteiger partial charge in [-0.15, -0.1) is 11.6 Å². The summed E-state index contributed by atoms with van der Waals surface area (Å²) in [5.74, 6) is 2.20. The van der Waals surface area contributed by atoms with Crippen molar-refractivity contribution in [1.29, 1.82) is 0 Å². The number of nitrogens with zero attached hydrogens (tertiary/aromatic N) is 1. The van der Waals surface area contributed by atoms with E-state index in [1.807, 2.05) is 12.1 Å². The zero-order chi connectivity index (χ0) is 15.0. The van der Waals surface area contributed by atoms with Crippen molar-refractivity contribution in [2.45, 2.75) is 39.3 Å². The lowest BCUT2D eigenvalue weighted by molar-refractivity contribution is 0.188. The minimum Gasteiger partial charge on any atom is -0.493 e. The second-order valence-electron chi connectivity index (χ2n) is 4.82. The second kappa shape index (κ2) is 9.09. The molecule has 0 saturated heterocycles. The van der Waals surface area contributed by atoms with Crippen LogP contribution in [0.25, 0.3) is 0 Å². The van der Waals surface area contributed by atoms with Crippen molar-refractivity contribution >= 4 is 11.6 Å². The zero-order valence-corrected chi connectivity index (χ0v) is 13.7. The predicted molar refractivity (Wildman–Crippen MR) is 85.0 cm³/mol. The molecule has 4 heteroatoms. The third-order valence-electron chi connectivity index (χ3n) is 3.66. The Bertz CT molecular complexity index is 394. The number of benzene rings is 1. The number of ether oxygens (including phenoxy) is 2. The molecule has 3 nitrogen and oxygen atoms in total. The SMILES string of the molecule is CCC(CC)N(CCCl)Cc1ccc(OC)c(OC)c1. The highest BCUT2D eigenvalue weighted by molar-refractivity contribution is 6.18. The number of halogens is 1. The average Bonchev–Trinajstić information content (AvgIpc) is 2.48. The van der Waals surface area contributed by atoms with Crippen molar-refractivity contribution in [1.82, 2.24) is 4.90 Å². The molecule has 0 heterocycles. The summed E-state index contributed by atoms with van der Waals surface area (Å²) in [4.78, 5) is 2.44. The van der Waals surface area contributed by atoms with Crippen molar-refractivity contribution in [2.24, 2.45) is 0 Å². The number of alkyl halides is 1. The van der Waals surface area contributed by atoms with E-state index < -0.39 is 0 Å². The minimum atomic E-state index is 0.571. The number of hydrogen-bond acceptors (Lipinski definition) is 3. The van der Waals surface area contributed by atoms with Crippen LogP contribution in [0.5, 0.6) is 11.5 Å². The van der Waals surface area contributed by atoms with Gasteiger partial charge in [-0.05, 0) is 30.5 Å². The lowest BCUT2D eigenvalue weighted by Gasteiger charge is -2.30. The molecule has 114 valence electrons. The minimum absolute atomic E-state index is 0.571. The fraction of sp³-hybridized carbons (Fsp3) is 0.625. The third-order valence-corrected chi connectivity index (χ3v) is 3.83. The molecule has 0 bridgehead atoms. The standard InChI is InChI=1S/C16H26ClNO2/c1-5-14(6-2)18(10-9-17)12-13-7-8-15(19-3)16(11-13)20-4/h7-8,11,14H,5-6,9-10,12H2,1-4H3. The highest BCUT2D eigenvalue weighted by Crippen LogP contribution is 2.28. The highest BCUT2D eigenvalue weighted by Gasteiger charge is 2.15. The van der Waals surface area contributed by atoms with E-state index in [1.165, 1.54) is 5.56 Å². The zero-order valence-electron chi connectivity index (χ0n) is 13.0. The van der Waals surface area contributed by atoms with E-state index in [-0.39, 0.29) is 0 Å². The number of rotatable bonds is 9. The molecule has 0 atom stereocenters. The molecule has 0 N–H and O–H groups in total. The van der Waals surface area contributed by atoms with Gasteiger partial charge in [-0.2, -0.15) is 0 Å². The smallest absolute Gasteiger partial charge is 0.161 e. The van der Waals surface area contributed by atoms with Crippen LogP contribution in [0.4, 0.5) is 0 Å². The van der Waals surface area contributed by atoms with Crippen LogP contribution in [0.1, 0.15) is 32.3 Å². The quantitative estimate of drug-likeness (QED) is 0.645. The van der Waals surface area contributed by atoms with Gasteiger partial charge < -0.3 is 9.47 Å². The summed E-state index contributed by atoms with van der Waals surface area (Å²) >= 11 is 5.94. The molecule has 1 rings (SSSR count). The van der Waals surface area contributed by atoms with Crippen LogP contribution in [0, 0.1) is 0 Å². The first kappa shape index (κ1) is 17.1. The van der Waals surface area contributed by atoms with E-state index in [0.29, 0.717) is 11.9 Å². The Balaban J connectivity index is 2.87. The van der Waals surface area contributed by atoms with Crippen LogP contribution in [-0.4, -0.2) is 37.6 Å².